The summed E-state index contributed by atoms with van der Waals surface area (Å²) in [4.78, 5) is 1.99. The van der Waals surface area contributed by atoms with E-state index >= 15 is 0 Å². The van der Waals surface area contributed by atoms with Crippen LogP contribution in [0.4, 0.5) is 0 Å². The summed E-state index contributed by atoms with van der Waals surface area (Å²) in [5.41, 5.74) is 9.07. The van der Waals surface area contributed by atoms with E-state index in [0.717, 1.165) is 17.8 Å². The van der Waals surface area contributed by atoms with Gasteiger partial charge in [0.15, 0.2) is 0 Å². The molecule has 1 rings (SSSR count). The van der Waals surface area contributed by atoms with E-state index in [4.69, 9.17) is 5.73 Å². The molecule has 0 amide bonds. The second-order valence-electron chi connectivity index (χ2n) is 4.43. The van der Waals surface area contributed by atoms with E-state index in [1.165, 1.54) is 18.4 Å². The van der Waals surface area contributed by atoms with Gasteiger partial charge >= 0.3 is 0 Å². The predicted molar refractivity (Wildman–Crippen MR) is 74.8 cm³/mol. The van der Waals surface area contributed by atoms with Crippen LogP contribution in [0.5, 0.6) is 0 Å². The molecule has 0 aromatic heterocycles. The largest absolute Gasteiger partial charge is 0.401 e. The minimum Gasteiger partial charge on any atom is -0.401 e. The second-order valence-corrected chi connectivity index (χ2v) is 4.43. The van der Waals surface area contributed by atoms with Gasteiger partial charge in [-0.2, -0.15) is 0 Å². The molecule has 0 bridgehead atoms. The average Bonchev–Trinajstić information content (AvgIpc) is 2.33. The van der Waals surface area contributed by atoms with Crippen LogP contribution in [0.15, 0.2) is 48.1 Å². The molecule has 1 aliphatic heterocycles. The Morgan fingerprint density at radius 3 is 2.53 bits per heavy atom. The van der Waals surface area contributed by atoms with Gasteiger partial charge in [-0.3, -0.25) is 0 Å². The Bertz CT molecular complexity index is 357. The second kappa shape index (κ2) is 6.33. The van der Waals surface area contributed by atoms with E-state index in [1.807, 2.05) is 18.0 Å². The summed E-state index contributed by atoms with van der Waals surface area (Å²) in [6.45, 7) is 10.6. The smallest absolute Gasteiger partial charge is 0.0381 e. The van der Waals surface area contributed by atoms with E-state index < -0.39 is 0 Å². The molecule has 0 aromatic rings. The molecule has 0 aliphatic carbocycles. The van der Waals surface area contributed by atoms with Crippen LogP contribution in [0.2, 0.25) is 0 Å². The molecule has 17 heavy (non-hydrogen) atoms. The summed E-state index contributed by atoms with van der Waals surface area (Å²) in [6, 6.07) is 0. The molecular formula is C15H24N2. The van der Waals surface area contributed by atoms with Crippen LogP contribution in [0.3, 0.4) is 0 Å². The Morgan fingerprint density at radius 2 is 2.06 bits per heavy atom. The molecule has 0 fully saturated rings. The van der Waals surface area contributed by atoms with Crippen molar-refractivity contribution >= 4 is 0 Å². The highest BCUT2D eigenvalue weighted by Gasteiger charge is 2.13. The molecule has 0 unspecified atom stereocenters. The van der Waals surface area contributed by atoms with Crippen molar-refractivity contribution in [2.24, 2.45) is 11.7 Å². The van der Waals surface area contributed by atoms with E-state index in [2.05, 4.69) is 38.8 Å². The van der Waals surface area contributed by atoms with Crippen molar-refractivity contribution in [2.75, 3.05) is 0 Å². The maximum atomic E-state index is 5.84. The average molecular weight is 232 g/mol. The summed E-state index contributed by atoms with van der Waals surface area (Å²) in [7, 11) is 0. The molecule has 0 radical (unpaired) electrons. The number of hydrogen-bond donors (Lipinski definition) is 1. The Labute approximate surface area is 105 Å². The van der Waals surface area contributed by atoms with Crippen LogP contribution in [0, 0.1) is 5.92 Å². The van der Waals surface area contributed by atoms with Crippen molar-refractivity contribution in [2.45, 2.75) is 40.0 Å². The van der Waals surface area contributed by atoms with Crippen LogP contribution in [-0.2, 0) is 0 Å². The number of allylic oxidation sites excluding steroid dienone is 4. The fourth-order valence-corrected chi connectivity index (χ4v) is 1.99. The van der Waals surface area contributed by atoms with Gasteiger partial charge in [0, 0.05) is 23.8 Å². The third-order valence-corrected chi connectivity index (χ3v) is 3.26. The molecule has 2 nitrogen and oxygen atoms in total. The van der Waals surface area contributed by atoms with E-state index in [0.29, 0.717) is 5.92 Å². The Kier molecular flexibility index (Phi) is 5.08. The standard InChI is InChI=1S/C15H24N2/c1-5-13(6-2)14-8-9-17(12(4)10-14)11-15(16)7-3/h8-11,13H,4-7,16H2,1-3H3/b15-11-. The fourth-order valence-electron chi connectivity index (χ4n) is 1.99. The topological polar surface area (TPSA) is 29.3 Å². The van der Waals surface area contributed by atoms with Gasteiger partial charge in [-0.25, -0.2) is 0 Å². The number of nitrogens with two attached hydrogens (primary N) is 1. The molecular weight excluding hydrogens is 208 g/mol. The molecule has 0 saturated heterocycles. The van der Waals surface area contributed by atoms with Gasteiger partial charge in [-0.1, -0.05) is 27.4 Å². The van der Waals surface area contributed by atoms with Gasteiger partial charge in [0.1, 0.15) is 0 Å². The Balaban J connectivity index is 2.80. The van der Waals surface area contributed by atoms with Crippen LogP contribution in [0.1, 0.15) is 40.0 Å². The number of rotatable bonds is 5. The first-order chi connectivity index (χ1) is 8.12. The lowest BCUT2D eigenvalue weighted by Crippen LogP contribution is -2.15. The molecule has 94 valence electrons. The third-order valence-electron chi connectivity index (χ3n) is 3.26. The van der Waals surface area contributed by atoms with Crippen LogP contribution >= 0.6 is 0 Å². The van der Waals surface area contributed by atoms with Crippen molar-refractivity contribution in [3.8, 4) is 0 Å². The van der Waals surface area contributed by atoms with Crippen molar-refractivity contribution in [3.63, 3.8) is 0 Å². The van der Waals surface area contributed by atoms with Gasteiger partial charge in [-0.05, 0) is 42.9 Å². The maximum Gasteiger partial charge on any atom is 0.0381 e. The number of nitrogens with zero attached hydrogens (tertiary/aromatic N) is 1. The fraction of sp³-hybridized carbons (Fsp3) is 0.467. The van der Waals surface area contributed by atoms with E-state index in [9.17, 15) is 0 Å². The summed E-state index contributed by atoms with van der Waals surface area (Å²) < 4.78 is 0. The summed E-state index contributed by atoms with van der Waals surface area (Å²) in [5.74, 6) is 0.637. The van der Waals surface area contributed by atoms with Gasteiger partial charge in [0.05, 0.1) is 0 Å². The monoisotopic (exact) mass is 232 g/mol. The normalized spacial score (nSPS) is 16.7. The summed E-state index contributed by atoms with van der Waals surface area (Å²) >= 11 is 0. The van der Waals surface area contributed by atoms with Crippen LogP contribution < -0.4 is 5.73 Å². The van der Waals surface area contributed by atoms with E-state index in [1.54, 1.807) is 0 Å². The van der Waals surface area contributed by atoms with Crippen molar-refractivity contribution in [3.05, 3.63) is 48.1 Å². The van der Waals surface area contributed by atoms with Gasteiger partial charge in [0.2, 0.25) is 0 Å². The van der Waals surface area contributed by atoms with Gasteiger partial charge in [-0.15, -0.1) is 0 Å². The first-order valence-electron chi connectivity index (χ1n) is 6.45. The third kappa shape index (κ3) is 3.52. The summed E-state index contributed by atoms with van der Waals surface area (Å²) in [5, 5.41) is 0. The molecule has 0 saturated carbocycles. The maximum absolute atomic E-state index is 5.84. The quantitative estimate of drug-likeness (QED) is 0.779. The minimum atomic E-state index is 0.637. The highest BCUT2D eigenvalue weighted by atomic mass is 15.1. The number of hydrogen-bond acceptors (Lipinski definition) is 2. The van der Waals surface area contributed by atoms with Gasteiger partial charge < -0.3 is 10.6 Å². The van der Waals surface area contributed by atoms with Crippen molar-refractivity contribution in [1.82, 2.24) is 4.90 Å². The zero-order chi connectivity index (χ0) is 12.8. The van der Waals surface area contributed by atoms with Crippen LogP contribution in [-0.4, -0.2) is 4.90 Å². The SMILES string of the molecule is C=C1C=C(C(CC)CC)C=CN1/C=C(\N)CC. The zero-order valence-corrected chi connectivity index (χ0v) is 11.2. The molecule has 0 spiro atoms. The Hall–Kier alpha value is -1.44. The zero-order valence-electron chi connectivity index (χ0n) is 11.2. The van der Waals surface area contributed by atoms with Crippen LogP contribution in [0.25, 0.3) is 0 Å². The lowest BCUT2D eigenvalue weighted by molar-refractivity contribution is 0.563. The van der Waals surface area contributed by atoms with Crippen molar-refractivity contribution < 1.29 is 0 Å². The molecule has 2 heteroatoms. The highest BCUT2D eigenvalue weighted by Crippen LogP contribution is 2.26. The minimum absolute atomic E-state index is 0.637. The lowest BCUT2D eigenvalue weighted by atomic mass is 9.91. The molecule has 2 N–H and O–H groups in total. The summed E-state index contributed by atoms with van der Waals surface area (Å²) in [6.07, 6.45) is 11.5. The lowest BCUT2D eigenvalue weighted by Gasteiger charge is -2.25. The highest BCUT2D eigenvalue weighted by molar-refractivity contribution is 5.36. The first kappa shape index (κ1) is 13.6. The van der Waals surface area contributed by atoms with E-state index in [-0.39, 0.29) is 0 Å². The molecule has 0 aromatic carbocycles. The van der Waals surface area contributed by atoms with Crippen molar-refractivity contribution in [1.29, 1.82) is 0 Å². The Morgan fingerprint density at radius 1 is 1.41 bits per heavy atom. The first-order valence-corrected chi connectivity index (χ1v) is 6.45. The van der Waals surface area contributed by atoms with Gasteiger partial charge in [0.25, 0.3) is 0 Å². The molecule has 1 aliphatic rings. The predicted octanol–water partition coefficient (Wildman–Crippen LogP) is 3.90. The molecule has 1 heterocycles. The molecule has 0 atom stereocenters.